The van der Waals surface area contributed by atoms with Crippen molar-refractivity contribution < 1.29 is 5.11 Å². The van der Waals surface area contributed by atoms with Gasteiger partial charge in [0, 0.05) is 0 Å². The van der Waals surface area contributed by atoms with Gasteiger partial charge in [0.25, 0.3) is 0 Å². The molecule has 0 aromatic rings. The Kier molecular flexibility index (Phi) is 1.10. The van der Waals surface area contributed by atoms with E-state index in [0.717, 1.165) is 18.3 Å². The molecule has 0 saturated heterocycles. The molecule has 4 atom stereocenters. The van der Waals surface area contributed by atoms with Gasteiger partial charge in [0.1, 0.15) is 0 Å². The van der Waals surface area contributed by atoms with Crippen molar-refractivity contribution >= 4 is 0 Å². The summed E-state index contributed by atoms with van der Waals surface area (Å²) >= 11 is 0. The van der Waals surface area contributed by atoms with Crippen molar-refractivity contribution in [2.24, 2.45) is 17.8 Å². The maximum atomic E-state index is 9.37. The molecule has 1 heteroatoms. The first-order chi connectivity index (χ1) is 4.27. The minimum Gasteiger partial charge on any atom is -0.393 e. The molecule has 2 fully saturated rings. The molecule has 2 saturated carbocycles. The van der Waals surface area contributed by atoms with Crippen LogP contribution in [-0.2, 0) is 0 Å². The number of hydrogen-bond acceptors (Lipinski definition) is 1. The van der Waals surface area contributed by atoms with Crippen LogP contribution in [0.5, 0.6) is 0 Å². The van der Waals surface area contributed by atoms with Crippen LogP contribution in [0.4, 0.5) is 0 Å². The first-order valence-electron chi connectivity index (χ1n) is 3.95. The van der Waals surface area contributed by atoms with Gasteiger partial charge in [-0.05, 0) is 37.0 Å². The van der Waals surface area contributed by atoms with Crippen LogP contribution in [0.25, 0.3) is 0 Å². The van der Waals surface area contributed by atoms with Gasteiger partial charge < -0.3 is 5.11 Å². The zero-order chi connectivity index (χ0) is 6.43. The predicted molar refractivity (Wildman–Crippen MR) is 36.0 cm³/mol. The fraction of sp³-hybridized carbons (Fsp3) is 1.00. The van der Waals surface area contributed by atoms with Gasteiger partial charge in [-0.25, -0.2) is 0 Å². The van der Waals surface area contributed by atoms with Crippen molar-refractivity contribution in [3.05, 3.63) is 0 Å². The second-order valence-electron chi connectivity index (χ2n) is 3.77. The molecule has 2 aliphatic rings. The number of aliphatic hydroxyl groups is 1. The van der Waals surface area contributed by atoms with Crippen LogP contribution in [0.3, 0.4) is 0 Å². The highest BCUT2D eigenvalue weighted by Gasteiger charge is 2.44. The fourth-order valence-electron chi connectivity index (χ4n) is 2.06. The summed E-state index contributed by atoms with van der Waals surface area (Å²) in [6, 6.07) is 0. The zero-order valence-corrected chi connectivity index (χ0v) is 5.88. The van der Waals surface area contributed by atoms with Crippen molar-refractivity contribution in [2.75, 3.05) is 0 Å². The molecule has 2 aliphatic carbocycles. The first-order valence-corrected chi connectivity index (χ1v) is 3.95. The number of hydrogen-bond donors (Lipinski definition) is 1. The van der Waals surface area contributed by atoms with Gasteiger partial charge in [-0.3, -0.25) is 0 Å². The van der Waals surface area contributed by atoms with Crippen LogP contribution in [0.15, 0.2) is 0 Å². The second-order valence-corrected chi connectivity index (χ2v) is 3.77. The molecular formula is C8H14O. The fourth-order valence-corrected chi connectivity index (χ4v) is 2.06. The Balaban J connectivity index is 1.98. The lowest BCUT2D eigenvalue weighted by atomic mass is 9.88. The van der Waals surface area contributed by atoms with E-state index in [4.69, 9.17) is 0 Å². The summed E-state index contributed by atoms with van der Waals surface area (Å²) in [5, 5.41) is 9.37. The second kappa shape index (κ2) is 1.72. The monoisotopic (exact) mass is 126 g/mol. The van der Waals surface area contributed by atoms with Gasteiger partial charge in [-0.2, -0.15) is 0 Å². The van der Waals surface area contributed by atoms with Crippen molar-refractivity contribution in [1.29, 1.82) is 0 Å². The topological polar surface area (TPSA) is 20.2 Å². The van der Waals surface area contributed by atoms with Gasteiger partial charge in [0.05, 0.1) is 6.10 Å². The van der Waals surface area contributed by atoms with E-state index in [1.165, 1.54) is 12.8 Å². The third-order valence-electron chi connectivity index (χ3n) is 2.94. The van der Waals surface area contributed by atoms with Crippen LogP contribution >= 0.6 is 0 Å². The largest absolute Gasteiger partial charge is 0.393 e. The van der Waals surface area contributed by atoms with E-state index in [0.29, 0.717) is 5.92 Å². The average molecular weight is 126 g/mol. The van der Waals surface area contributed by atoms with Crippen molar-refractivity contribution in [1.82, 2.24) is 0 Å². The molecule has 0 aromatic heterocycles. The lowest BCUT2D eigenvalue weighted by Crippen LogP contribution is -2.22. The molecule has 0 bridgehead atoms. The van der Waals surface area contributed by atoms with E-state index in [1.807, 2.05) is 0 Å². The van der Waals surface area contributed by atoms with E-state index in [9.17, 15) is 5.11 Å². The molecule has 0 heterocycles. The standard InChI is InChI=1S/C8H14O/c1-5-2-6-3-7(6)4-8(5)9/h5-9H,2-4H2,1H3/t5-,6-,7-,8+/m1/s1. The maximum Gasteiger partial charge on any atom is 0.0568 e. The van der Waals surface area contributed by atoms with Crippen LogP contribution in [0, 0.1) is 17.8 Å². The Bertz CT molecular complexity index is 108. The quantitative estimate of drug-likeness (QED) is 0.520. The zero-order valence-electron chi connectivity index (χ0n) is 5.88. The third kappa shape index (κ3) is 0.877. The van der Waals surface area contributed by atoms with Gasteiger partial charge in [-0.1, -0.05) is 6.92 Å². The van der Waals surface area contributed by atoms with Crippen LogP contribution in [0.2, 0.25) is 0 Å². The maximum absolute atomic E-state index is 9.37. The lowest BCUT2D eigenvalue weighted by Gasteiger charge is -2.22. The third-order valence-corrected chi connectivity index (χ3v) is 2.94. The highest BCUT2D eigenvalue weighted by molar-refractivity contribution is 4.94. The molecule has 0 spiro atoms. The summed E-state index contributed by atoms with van der Waals surface area (Å²) in [5.41, 5.74) is 0. The molecule has 0 unspecified atom stereocenters. The Labute approximate surface area is 56.1 Å². The van der Waals surface area contributed by atoms with Gasteiger partial charge in [0.15, 0.2) is 0 Å². The molecule has 0 aliphatic heterocycles. The summed E-state index contributed by atoms with van der Waals surface area (Å²) in [6.07, 6.45) is 3.80. The van der Waals surface area contributed by atoms with Crippen molar-refractivity contribution in [3.63, 3.8) is 0 Å². The summed E-state index contributed by atoms with van der Waals surface area (Å²) in [5.74, 6) is 2.49. The van der Waals surface area contributed by atoms with E-state index < -0.39 is 0 Å². The Morgan fingerprint density at radius 3 is 2.44 bits per heavy atom. The average Bonchev–Trinajstić information content (AvgIpc) is 2.46. The van der Waals surface area contributed by atoms with E-state index in [1.54, 1.807) is 0 Å². The van der Waals surface area contributed by atoms with Crippen molar-refractivity contribution in [2.45, 2.75) is 32.3 Å². The minimum absolute atomic E-state index is 0.0220. The number of rotatable bonds is 0. The summed E-state index contributed by atoms with van der Waals surface area (Å²) in [4.78, 5) is 0. The van der Waals surface area contributed by atoms with E-state index >= 15 is 0 Å². The first kappa shape index (κ1) is 5.72. The summed E-state index contributed by atoms with van der Waals surface area (Å²) in [7, 11) is 0. The number of fused-ring (bicyclic) bond motifs is 1. The molecule has 1 nitrogen and oxygen atoms in total. The molecule has 9 heavy (non-hydrogen) atoms. The van der Waals surface area contributed by atoms with Crippen LogP contribution in [-0.4, -0.2) is 11.2 Å². The van der Waals surface area contributed by atoms with E-state index in [-0.39, 0.29) is 6.10 Å². The SMILES string of the molecule is C[C@@H]1C[C@@H]2C[C@@H]2C[C@@H]1O. The molecule has 52 valence electrons. The normalized spacial score (nSPS) is 56.7. The van der Waals surface area contributed by atoms with Gasteiger partial charge in [0.2, 0.25) is 0 Å². The highest BCUT2D eigenvalue weighted by Crippen LogP contribution is 2.51. The van der Waals surface area contributed by atoms with Gasteiger partial charge >= 0.3 is 0 Å². The molecule has 2 rings (SSSR count). The minimum atomic E-state index is 0.0220. The molecule has 0 amide bonds. The van der Waals surface area contributed by atoms with Crippen LogP contribution in [0.1, 0.15) is 26.2 Å². The molecule has 0 aromatic carbocycles. The summed E-state index contributed by atoms with van der Waals surface area (Å²) < 4.78 is 0. The van der Waals surface area contributed by atoms with Crippen molar-refractivity contribution in [3.8, 4) is 0 Å². The smallest absolute Gasteiger partial charge is 0.0568 e. The molecular weight excluding hydrogens is 112 g/mol. The summed E-state index contributed by atoms with van der Waals surface area (Å²) in [6.45, 7) is 2.17. The molecule has 0 radical (unpaired) electrons. The Hall–Kier alpha value is -0.0400. The van der Waals surface area contributed by atoms with E-state index in [2.05, 4.69) is 6.92 Å². The lowest BCUT2D eigenvalue weighted by molar-refractivity contribution is 0.0747. The van der Waals surface area contributed by atoms with Crippen LogP contribution < -0.4 is 0 Å². The highest BCUT2D eigenvalue weighted by atomic mass is 16.3. The van der Waals surface area contributed by atoms with Gasteiger partial charge in [-0.15, -0.1) is 0 Å². The number of aliphatic hydroxyl groups excluding tert-OH is 1. The molecule has 1 N–H and O–H groups in total. The predicted octanol–water partition coefficient (Wildman–Crippen LogP) is 1.41. The Morgan fingerprint density at radius 1 is 1.11 bits per heavy atom. The Morgan fingerprint density at radius 2 is 1.78 bits per heavy atom.